The summed E-state index contributed by atoms with van der Waals surface area (Å²) in [6, 6.07) is 4.94. The molecule has 1 aliphatic heterocycles. The van der Waals surface area contributed by atoms with Crippen molar-refractivity contribution in [1.29, 1.82) is 0 Å². The maximum atomic E-state index is 12.0. The minimum atomic E-state index is -0.0103. The molecule has 1 fully saturated rings. The number of amides is 1. The van der Waals surface area contributed by atoms with E-state index in [0.717, 1.165) is 39.3 Å². The van der Waals surface area contributed by atoms with Gasteiger partial charge in [-0.3, -0.25) is 9.69 Å². The van der Waals surface area contributed by atoms with E-state index < -0.39 is 0 Å². The number of hydrogen-bond donors (Lipinski definition) is 2. The number of aryl methyl sites for hydroxylation is 1. The number of carbonyl (C=O) groups is 1. The number of thiophene rings is 1. The molecule has 1 aromatic rings. The summed E-state index contributed by atoms with van der Waals surface area (Å²) in [5, 5.41) is 6.88. The topological polar surface area (TPSA) is 69.2 Å². The normalized spacial score (nSPS) is 17.8. The zero-order chi connectivity index (χ0) is 20.5. The Morgan fingerprint density at radius 1 is 1.36 bits per heavy atom. The molecule has 2 rings (SSSR count). The Morgan fingerprint density at radius 3 is 2.64 bits per heavy atom. The number of nitrogens with zero attached hydrogens (tertiary/aromatic N) is 3. The van der Waals surface area contributed by atoms with E-state index in [1.165, 1.54) is 9.75 Å². The van der Waals surface area contributed by atoms with Crippen LogP contribution in [0.25, 0.3) is 0 Å². The summed E-state index contributed by atoms with van der Waals surface area (Å²) in [7, 11) is 3.50. The van der Waals surface area contributed by atoms with Crippen molar-refractivity contribution in [2.75, 3.05) is 53.5 Å². The molecule has 0 aromatic carbocycles. The average molecular weight is 410 g/mol. The minimum Gasteiger partial charge on any atom is -0.379 e. The molecule has 158 valence electrons. The van der Waals surface area contributed by atoms with Crippen LogP contribution in [0.1, 0.15) is 36.1 Å². The average Bonchev–Trinajstić information content (AvgIpc) is 3.12. The van der Waals surface area contributed by atoms with Gasteiger partial charge in [-0.15, -0.1) is 11.3 Å². The molecule has 28 heavy (non-hydrogen) atoms. The lowest BCUT2D eigenvalue weighted by atomic mass is 10.2. The number of hydrogen-bond acceptors (Lipinski definition) is 5. The van der Waals surface area contributed by atoms with Gasteiger partial charge in [0.25, 0.3) is 0 Å². The van der Waals surface area contributed by atoms with Gasteiger partial charge in [0.1, 0.15) is 6.54 Å². The first-order valence-corrected chi connectivity index (χ1v) is 10.9. The molecule has 0 bridgehead atoms. The Morgan fingerprint density at radius 2 is 2.07 bits per heavy atom. The predicted molar refractivity (Wildman–Crippen MR) is 116 cm³/mol. The van der Waals surface area contributed by atoms with E-state index in [0.29, 0.717) is 5.96 Å². The fraction of sp³-hybridized carbons (Fsp3) is 0.700. The molecule has 1 aromatic heterocycles. The van der Waals surface area contributed by atoms with Gasteiger partial charge in [0, 0.05) is 49.5 Å². The highest BCUT2D eigenvalue weighted by molar-refractivity contribution is 7.12. The van der Waals surface area contributed by atoms with E-state index in [1.54, 1.807) is 19.0 Å². The van der Waals surface area contributed by atoms with E-state index in [4.69, 9.17) is 4.74 Å². The molecule has 7 nitrogen and oxygen atoms in total. The highest BCUT2D eigenvalue weighted by Gasteiger charge is 2.24. The third-order valence-electron chi connectivity index (χ3n) is 4.91. The zero-order valence-corrected chi connectivity index (χ0v) is 18.6. The van der Waals surface area contributed by atoms with E-state index in [2.05, 4.69) is 53.4 Å². The van der Waals surface area contributed by atoms with Gasteiger partial charge in [0.2, 0.25) is 5.91 Å². The number of nitrogens with one attached hydrogen (secondary N) is 2. The van der Waals surface area contributed by atoms with Crippen LogP contribution in [0.2, 0.25) is 0 Å². The van der Waals surface area contributed by atoms with Crippen LogP contribution in [-0.4, -0.2) is 81.2 Å². The molecule has 2 heterocycles. The van der Waals surface area contributed by atoms with Crippen LogP contribution in [-0.2, 0) is 9.53 Å². The lowest BCUT2D eigenvalue weighted by Gasteiger charge is -2.34. The van der Waals surface area contributed by atoms with Gasteiger partial charge in [-0.2, -0.15) is 0 Å². The van der Waals surface area contributed by atoms with Gasteiger partial charge in [-0.25, -0.2) is 4.99 Å². The number of guanidine groups is 1. The Hall–Kier alpha value is -1.64. The molecule has 0 spiro atoms. The lowest BCUT2D eigenvalue weighted by Crippen LogP contribution is -2.48. The fourth-order valence-electron chi connectivity index (χ4n) is 2.90. The molecule has 2 unspecified atom stereocenters. The van der Waals surface area contributed by atoms with E-state index in [9.17, 15) is 4.79 Å². The van der Waals surface area contributed by atoms with Crippen molar-refractivity contribution >= 4 is 23.2 Å². The van der Waals surface area contributed by atoms with Gasteiger partial charge < -0.3 is 20.3 Å². The third kappa shape index (κ3) is 7.07. The number of ether oxygens (including phenoxy) is 1. The number of rotatable bonds is 8. The van der Waals surface area contributed by atoms with Crippen LogP contribution in [0.4, 0.5) is 0 Å². The molecule has 8 heteroatoms. The van der Waals surface area contributed by atoms with Crippen LogP contribution < -0.4 is 10.6 Å². The summed E-state index contributed by atoms with van der Waals surface area (Å²) < 4.78 is 5.53. The van der Waals surface area contributed by atoms with Gasteiger partial charge in [-0.05, 0) is 32.4 Å². The van der Waals surface area contributed by atoms with Crippen molar-refractivity contribution in [3.8, 4) is 0 Å². The fourth-order valence-corrected chi connectivity index (χ4v) is 3.91. The summed E-state index contributed by atoms with van der Waals surface area (Å²) in [5.41, 5.74) is 0. The monoisotopic (exact) mass is 409 g/mol. The molecule has 0 radical (unpaired) electrons. The van der Waals surface area contributed by atoms with Crippen molar-refractivity contribution in [1.82, 2.24) is 20.4 Å². The predicted octanol–water partition coefficient (Wildman–Crippen LogP) is 1.85. The molecular formula is C20H35N5O2S. The molecule has 0 aliphatic carbocycles. The SMILES string of the molecule is CCC(C)NC(=NCC(=O)N(C)C)NCC(c1ccc(C)s1)N1CCOCC1. The van der Waals surface area contributed by atoms with Crippen molar-refractivity contribution in [2.45, 2.75) is 39.3 Å². The molecule has 0 saturated carbocycles. The van der Waals surface area contributed by atoms with Crippen LogP contribution in [0.3, 0.4) is 0 Å². The van der Waals surface area contributed by atoms with Crippen molar-refractivity contribution < 1.29 is 9.53 Å². The highest BCUT2D eigenvalue weighted by Crippen LogP contribution is 2.27. The standard InChI is InChI=1S/C20H35N5O2S/c1-6-15(2)23-20(22-14-19(26)24(4)5)21-13-17(18-8-7-16(3)28-18)25-9-11-27-12-10-25/h7-8,15,17H,6,9-14H2,1-5H3,(H2,21,22,23). The molecule has 2 N–H and O–H groups in total. The van der Waals surface area contributed by atoms with Crippen LogP contribution in [0.5, 0.6) is 0 Å². The minimum absolute atomic E-state index is 0.0103. The largest absolute Gasteiger partial charge is 0.379 e. The summed E-state index contributed by atoms with van der Waals surface area (Å²) in [5.74, 6) is 0.681. The summed E-state index contributed by atoms with van der Waals surface area (Å²) in [6.45, 7) is 10.6. The molecule has 2 atom stereocenters. The summed E-state index contributed by atoms with van der Waals surface area (Å²) in [4.78, 5) is 23.2. The Labute approximate surface area is 173 Å². The number of aliphatic imine (C=N–C) groups is 1. The molecule has 1 saturated heterocycles. The van der Waals surface area contributed by atoms with Crippen LogP contribution in [0.15, 0.2) is 17.1 Å². The molecule has 1 amide bonds. The van der Waals surface area contributed by atoms with Crippen molar-refractivity contribution in [3.05, 3.63) is 21.9 Å². The van der Waals surface area contributed by atoms with E-state index >= 15 is 0 Å². The van der Waals surface area contributed by atoms with E-state index in [-0.39, 0.29) is 24.5 Å². The van der Waals surface area contributed by atoms with Gasteiger partial charge in [0.05, 0.1) is 19.3 Å². The number of carbonyl (C=O) groups excluding carboxylic acids is 1. The van der Waals surface area contributed by atoms with Crippen molar-refractivity contribution in [3.63, 3.8) is 0 Å². The lowest BCUT2D eigenvalue weighted by molar-refractivity contribution is -0.127. The Kier molecular flexibility index (Phi) is 9.21. The molecule has 1 aliphatic rings. The van der Waals surface area contributed by atoms with Crippen LogP contribution >= 0.6 is 11.3 Å². The first kappa shape index (κ1) is 22.6. The maximum absolute atomic E-state index is 12.0. The van der Waals surface area contributed by atoms with Gasteiger partial charge in [-0.1, -0.05) is 6.92 Å². The maximum Gasteiger partial charge on any atom is 0.243 e. The summed E-state index contributed by atoms with van der Waals surface area (Å²) in [6.07, 6.45) is 0.985. The second kappa shape index (κ2) is 11.4. The van der Waals surface area contributed by atoms with Crippen molar-refractivity contribution in [2.24, 2.45) is 4.99 Å². The number of likely N-dealkylation sites (N-methyl/N-ethyl adjacent to an activating group) is 1. The second-order valence-electron chi connectivity index (χ2n) is 7.40. The quantitative estimate of drug-likeness (QED) is 0.507. The first-order valence-electron chi connectivity index (χ1n) is 10.0. The Balaban J connectivity index is 2.10. The summed E-state index contributed by atoms with van der Waals surface area (Å²) >= 11 is 1.84. The van der Waals surface area contributed by atoms with E-state index in [1.807, 2.05) is 11.3 Å². The Bertz CT molecular complexity index is 640. The second-order valence-corrected chi connectivity index (χ2v) is 8.72. The van der Waals surface area contributed by atoms with Gasteiger partial charge >= 0.3 is 0 Å². The first-order chi connectivity index (χ1) is 13.4. The molecular weight excluding hydrogens is 374 g/mol. The third-order valence-corrected chi connectivity index (χ3v) is 6.01. The zero-order valence-electron chi connectivity index (χ0n) is 17.8. The highest BCUT2D eigenvalue weighted by atomic mass is 32.1. The smallest absolute Gasteiger partial charge is 0.243 e. The number of morpholine rings is 1. The van der Waals surface area contributed by atoms with Gasteiger partial charge in [0.15, 0.2) is 5.96 Å². The van der Waals surface area contributed by atoms with Crippen LogP contribution in [0, 0.1) is 6.92 Å².